The molecule has 0 bridgehead atoms. The average molecular weight is 362 g/mol. The molecule has 0 aromatic heterocycles. The van der Waals surface area contributed by atoms with E-state index in [2.05, 4.69) is 11.1 Å². The smallest absolute Gasteiger partial charge is 0.336 e. The number of halogens is 1. The van der Waals surface area contributed by atoms with Gasteiger partial charge in [-0.1, -0.05) is 12.1 Å². The van der Waals surface area contributed by atoms with Crippen LogP contribution in [-0.4, -0.2) is 29.1 Å². The number of nitro groups is 1. The minimum atomic E-state index is -0.742. The lowest BCUT2D eigenvalue weighted by Gasteiger charge is -2.29. The monoisotopic (exact) mass is 361 g/mol. The number of nitro benzene ring substituents is 1. The third-order valence-electron chi connectivity index (χ3n) is 3.92. The lowest BCUT2D eigenvalue weighted by molar-refractivity contribution is -0.384. The van der Waals surface area contributed by atoms with E-state index in [1.165, 1.54) is 18.2 Å². The number of hydrogen-bond acceptors (Lipinski definition) is 6. The minimum Gasteiger partial charge on any atom is -0.463 e. The Morgan fingerprint density at radius 1 is 1.52 bits per heavy atom. The zero-order valence-corrected chi connectivity index (χ0v) is 14.5. The summed E-state index contributed by atoms with van der Waals surface area (Å²) < 4.78 is 5.10. The normalized spacial score (nSPS) is 19.8. The first-order valence-electron chi connectivity index (χ1n) is 7.59. The van der Waals surface area contributed by atoms with Gasteiger partial charge in [0.25, 0.3) is 5.69 Å². The maximum atomic E-state index is 12.5. The molecule has 1 aliphatic heterocycles. The quantitative estimate of drug-likeness (QED) is 0.346. The van der Waals surface area contributed by atoms with Crippen LogP contribution in [0.5, 0.6) is 0 Å². The summed E-state index contributed by atoms with van der Waals surface area (Å²) in [5, 5.41) is 20.7. The fourth-order valence-corrected chi connectivity index (χ4v) is 3.05. The molecular formula is C17H16ClN3O4. The van der Waals surface area contributed by atoms with Gasteiger partial charge in [-0.25, -0.2) is 4.79 Å². The van der Waals surface area contributed by atoms with Gasteiger partial charge >= 0.3 is 5.97 Å². The number of rotatable bonds is 5. The van der Waals surface area contributed by atoms with Gasteiger partial charge in [0.2, 0.25) is 0 Å². The van der Waals surface area contributed by atoms with Crippen LogP contribution in [0, 0.1) is 27.4 Å². The predicted octanol–water partition coefficient (Wildman–Crippen LogP) is 3.35. The van der Waals surface area contributed by atoms with E-state index in [0.717, 1.165) is 0 Å². The number of carbonyl (C=O) groups is 1. The molecule has 8 heteroatoms. The molecule has 0 radical (unpaired) electrons. The number of alkyl halides is 1. The van der Waals surface area contributed by atoms with Gasteiger partial charge in [0.1, 0.15) is 0 Å². The number of esters is 1. The van der Waals surface area contributed by atoms with Crippen molar-refractivity contribution in [3.63, 3.8) is 0 Å². The number of non-ortho nitro benzene ring substituents is 1. The van der Waals surface area contributed by atoms with Gasteiger partial charge < -0.3 is 4.74 Å². The van der Waals surface area contributed by atoms with Crippen molar-refractivity contribution in [1.29, 1.82) is 5.26 Å². The molecule has 2 rings (SSSR count). The molecule has 0 amide bonds. The third-order valence-corrected chi connectivity index (χ3v) is 4.17. The number of carbonyl (C=O) groups excluding carboxylic acids is 1. The SMILES string of the molecule is CCOC(=O)C1=C(CCl)N=C(C)C(C#N)C1c1cccc([N+](=O)[O-])c1. The predicted molar refractivity (Wildman–Crippen MR) is 92.4 cm³/mol. The number of aliphatic imine (C=N–C) groups is 1. The maximum absolute atomic E-state index is 12.5. The Morgan fingerprint density at radius 2 is 2.24 bits per heavy atom. The molecule has 7 nitrogen and oxygen atoms in total. The molecule has 1 heterocycles. The molecule has 1 aromatic carbocycles. The van der Waals surface area contributed by atoms with Gasteiger partial charge in [0.05, 0.1) is 40.7 Å². The minimum absolute atomic E-state index is 0.0327. The molecular weight excluding hydrogens is 346 g/mol. The Balaban J connectivity index is 2.68. The van der Waals surface area contributed by atoms with Gasteiger partial charge in [0, 0.05) is 23.8 Å². The summed E-state index contributed by atoms with van der Waals surface area (Å²) in [6, 6.07) is 8.01. The Bertz CT molecular complexity index is 810. The number of ether oxygens (including phenoxy) is 1. The van der Waals surface area contributed by atoms with Gasteiger partial charge in [-0.05, 0) is 19.4 Å². The van der Waals surface area contributed by atoms with Crippen LogP contribution in [0.4, 0.5) is 5.69 Å². The standard InChI is InChI=1S/C17H16ClN3O4/c1-3-25-17(22)16-14(8-18)20-10(2)13(9-19)15(16)11-5-4-6-12(7-11)21(23)24/h4-7,13,15H,3,8H2,1-2H3. The highest BCUT2D eigenvalue weighted by atomic mass is 35.5. The number of hydrogen-bond donors (Lipinski definition) is 0. The van der Waals surface area contributed by atoms with E-state index >= 15 is 0 Å². The van der Waals surface area contributed by atoms with Crippen LogP contribution in [0.15, 0.2) is 40.5 Å². The van der Waals surface area contributed by atoms with E-state index < -0.39 is 22.7 Å². The fourth-order valence-electron chi connectivity index (χ4n) is 2.84. The molecule has 2 unspecified atom stereocenters. The van der Waals surface area contributed by atoms with Crippen molar-refractivity contribution in [2.45, 2.75) is 19.8 Å². The van der Waals surface area contributed by atoms with Crippen LogP contribution < -0.4 is 0 Å². The second kappa shape index (κ2) is 7.90. The van der Waals surface area contributed by atoms with Crippen molar-refractivity contribution >= 4 is 29.0 Å². The van der Waals surface area contributed by atoms with Crippen molar-refractivity contribution in [3.05, 3.63) is 51.2 Å². The number of allylic oxidation sites excluding steroid dienone is 1. The lowest BCUT2D eigenvalue weighted by atomic mass is 9.76. The van der Waals surface area contributed by atoms with E-state index in [4.69, 9.17) is 16.3 Å². The molecule has 0 fully saturated rings. The van der Waals surface area contributed by atoms with Gasteiger partial charge in [0.15, 0.2) is 0 Å². The Hall–Kier alpha value is -2.72. The fraction of sp³-hybridized carbons (Fsp3) is 0.353. The van der Waals surface area contributed by atoms with E-state index in [1.807, 2.05) is 0 Å². The van der Waals surface area contributed by atoms with Crippen LogP contribution in [0.3, 0.4) is 0 Å². The summed E-state index contributed by atoms with van der Waals surface area (Å²) >= 11 is 5.95. The summed E-state index contributed by atoms with van der Waals surface area (Å²) in [4.78, 5) is 27.3. The topological polar surface area (TPSA) is 106 Å². The Morgan fingerprint density at radius 3 is 2.80 bits per heavy atom. The lowest BCUT2D eigenvalue weighted by Crippen LogP contribution is -2.30. The summed E-state index contributed by atoms with van der Waals surface area (Å²) in [6.45, 7) is 3.49. The number of nitrogens with zero attached hydrogens (tertiary/aromatic N) is 3. The molecule has 0 aliphatic carbocycles. The zero-order valence-electron chi connectivity index (χ0n) is 13.7. The van der Waals surface area contributed by atoms with E-state index in [9.17, 15) is 20.2 Å². The van der Waals surface area contributed by atoms with Gasteiger partial charge in [-0.2, -0.15) is 5.26 Å². The molecule has 25 heavy (non-hydrogen) atoms. The van der Waals surface area contributed by atoms with E-state index in [0.29, 0.717) is 17.0 Å². The van der Waals surface area contributed by atoms with Crippen molar-refractivity contribution in [3.8, 4) is 6.07 Å². The van der Waals surface area contributed by atoms with Crippen molar-refractivity contribution in [2.75, 3.05) is 12.5 Å². The van der Waals surface area contributed by atoms with Crippen LogP contribution >= 0.6 is 11.6 Å². The van der Waals surface area contributed by atoms with Crippen molar-refractivity contribution in [1.82, 2.24) is 0 Å². The summed E-state index contributed by atoms with van der Waals surface area (Å²) in [6.07, 6.45) is 0. The first kappa shape index (κ1) is 18.6. The number of nitriles is 1. The van der Waals surface area contributed by atoms with Crippen molar-refractivity contribution in [2.24, 2.45) is 10.9 Å². The largest absolute Gasteiger partial charge is 0.463 e. The summed E-state index contributed by atoms with van der Waals surface area (Å²) in [5.74, 6) is -2.12. The molecule has 2 atom stereocenters. The van der Waals surface area contributed by atoms with Crippen LogP contribution in [0.25, 0.3) is 0 Å². The second-order valence-electron chi connectivity index (χ2n) is 5.40. The van der Waals surface area contributed by atoms with Crippen molar-refractivity contribution < 1.29 is 14.5 Å². The van der Waals surface area contributed by atoms with Gasteiger partial charge in [-0.3, -0.25) is 15.1 Å². The van der Waals surface area contributed by atoms with Crippen LogP contribution in [0.1, 0.15) is 25.3 Å². The van der Waals surface area contributed by atoms with Crippen LogP contribution in [0.2, 0.25) is 0 Å². The molecule has 0 saturated heterocycles. The van der Waals surface area contributed by atoms with Gasteiger partial charge in [-0.15, -0.1) is 11.6 Å². The first-order valence-corrected chi connectivity index (χ1v) is 8.13. The second-order valence-corrected chi connectivity index (χ2v) is 5.67. The molecule has 0 spiro atoms. The summed E-state index contributed by atoms with van der Waals surface area (Å²) in [5.41, 5.74) is 1.35. The average Bonchev–Trinajstić information content (AvgIpc) is 2.60. The first-order chi connectivity index (χ1) is 11.9. The highest BCUT2D eigenvalue weighted by Crippen LogP contribution is 2.40. The zero-order chi connectivity index (χ0) is 18.6. The molecule has 0 saturated carbocycles. The van der Waals surface area contributed by atoms with E-state index in [-0.39, 0.29) is 23.7 Å². The number of benzene rings is 1. The molecule has 1 aromatic rings. The highest BCUT2D eigenvalue weighted by Gasteiger charge is 2.39. The Kier molecular flexibility index (Phi) is 5.88. The molecule has 130 valence electrons. The highest BCUT2D eigenvalue weighted by molar-refractivity contribution is 6.20. The van der Waals surface area contributed by atoms with Crippen LogP contribution in [-0.2, 0) is 9.53 Å². The van der Waals surface area contributed by atoms with E-state index in [1.54, 1.807) is 19.9 Å². The molecule has 1 aliphatic rings. The molecule has 0 N–H and O–H groups in total. The maximum Gasteiger partial charge on any atom is 0.336 e. The Labute approximate surface area is 149 Å². The summed E-state index contributed by atoms with van der Waals surface area (Å²) in [7, 11) is 0. The third kappa shape index (κ3) is 3.69.